The van der Waals surface area contributed by atoms with Crippen molar-refractivity contribution in [2.75, 3.05) is 5.32 Å². The fraction of sp³-hybridized carbons (Fsp3) is 0.353. The maximum atomic E-state index is 6.11. The van der Waals surface area contributed by atoms with E-state index in [4.69, 9.17) is 11.6 Å². The fourth-order valence-electron chi connectivity index (χ4n) is 2.38. The summed E-state index contributed by atoms with van der Waals surface area (Å²) in [6, 6.07) is 6.19. The van der Waals surface area contributed by atoms with Crippen molar-refractivity contribution in [2.24, 2.45) is 5.41 Å². The van der Waals surface area contributed by atoms with Crippen LogP contribution in [0.2, 0.25) is 5.02 Å². The van der Waals surface area contributed by atoms with E-state index in [2.05, 4.69) is 58.9 Å². The largest absolute Gasteiger partial charge is 0.367 e. The summed E-state index contributed by atoms with van der Waals surface area (Å²) in [6.07, 6.45) is 1.83. The highest BCUT2D eigenvalue weighted by atomic mass is 79.9. The Morgan fingerprint density at radius 3 is 2.73 bits per heavy atom. The van der Waals surface area contributed by atoms with Crippen LogP contribution in [0.25, 0.3) is 21.8 Å². The van der Waals surface area contributed by atoms with Crippen LogP contribution in [0.1, 0.15) is 27.7 Å². The van der Waals surface area contributed by atoms with Gasteiger partial charge in [0.2, 0.25) is 0 Å². The van der Waals surface area contributed by atoms with E-state index in [0.29, 0.717) is 6.04 Å². The highest BCUT2D eigenvalue weighted by molar-refractivity contribution is 9.10. The van der Waals surface area contributed by atoms with Crippen molar-refractivity contribution in [2.45, 2.75) is 33.7 Å². The summed E-state index contributed by atoms with van der Waals surface area (Å²) in [7, 11) is 0. The van der Waals surface area contributed by atoms with E-state index in [1.807, 2.05) is 24.4 Å². The summed E-state index contributed by atoms with van der Waals surface area (Å²) in [4.78, 5) is 8.02. The average molecular weight is 381 g/mol. The molecule has 3 nitrogen and oxygen atoms in total. The molecule has 0 fully saturated rings. The monoisotopic (exact) mass is 379 g/mol. The molecule has 2 N–H and O–H groups in total. The number of hydrogen-bond donors (Lipinski definition) is 2. The molecule has 0 amide bonds. The van der Waals surface area contributed by atoms with Gasteiger partial charge in [0, 0.05) is 28.2 Å². The summed E-state index contributed by atoms with van der Waals surface area (Å²) >= 11 is 9.69. The second-order valence-corrected chi connectivity index (χ2v) is 8.04. The van der Waals surface area contributed by atoms with E-state index in [0.717, 1.165) is 37.1 Å². The molecular formula is C17H19BrClN3. The number of nitrogens with zero attached hydrogens (tertiary/aromatic N) is 1. The van der Waals surface area contributed by atoms with Gasteiger partial charge in [0.25, 0.3) is 0 Å². The van der Waals surface area contributed by atoms with E-state index in [9.17, 15) is 0 Å². The molecule has 0 saturated carbocycles. The Hall–Kier alpha value is -1.26. The smallest absolute Gasteiger partial charge is 0.136 e. The highest BCUT2D eigenvalue weighted by Crippen LogP contribution is 2.36. The number of anilines is 1. The zero-order chi connectivity index (χ0) is 16.1. The van der Waals surface area contributed by atoms with Gasteiger partial charge in [-0.15, -0.1) is 0 Å². The first-order valence-electron chi connectivity index (χ1n) is 7.29. The summed E-state index contributed by atoms with van der Waals surface area (Å²) in [5.41, 5.74) is 2.20. The van der Waals surface area contributed by atoms with Crippen molar-refractivity contribution in [1.82, 2.24) is 9.97 Å². The minimum Gasteiger partial charge on any atom is -0.367 e. The molecule has 0 aliphatic heterocycles. The third-order valence-corrected chi connectivity index (χ3v) is 5.03. The maximum absolute atomic E-state index is 6.11. The van der Waals surface area contributed by atoms with Gasteiger partial charge >= 0.3 is 0 Å². The number of benzene rings is 1. The minimum atomic E-state index is 0.149. The van der Waals surface area contributed by atoms with Crippen LogP contribution in [0.4, 0.5) is 5.82 Å². The Morgan fingerprint density at radius 1 is 1.32 bits per heavy atom. The normalized spacial score (nSPS) is 13.7. The SMILES string of the molecule is C[C@H](Nc1ncc(Br)c2[nH]c3cc(Cl)ccc3c12)C(C)(C)C. The molecular weight excluding hydrogens is 362 g/mol. The maximum Gasteiger partial charge on any atom is 0.136 e. The molecule has 1 atom stereocenters. The predicted octanol–water partition coefficient (Wildman–Crippen LogP) is 5.98. The molecule has 0 spiro atoms. The fourth-order valence-corrected chi connectivity index (χ4v) is 2.95. The number of aromatic nitrogens is 2. The molecule has 0 radical (unpaired) electrons. The van der Waals surface area contributed by atoms with Gasteiger partial charge in [-0.25, -0.2) is 4.98 Å². The first-order valence-corrected chi connectivity index (χ1v) is 8.46. The molecule has 22 heavy (non-hydrogen) atoms. The van der Waals surface area contributed by atoms with Gasteiger partial charge in [0.1, 0.15) is 5.82 Å². The number of aromatic amines is 1. The number of hydrogen-bond acceptors (Lipinski definition) is 2. The number of H-pyrrole nitrogens is 1. The lowest BCUT2D eigenvalue weighted by atomic mass is 9.88. The van der Waals surface area contributed by atoms with Gasteiger partial charge in [-0.1, -0.05) is 38.4 Å². The van der Waals surface area contributed by atoms with E-state index < -0.39 is 0 Å². The van der Waals surface area contributed by atoms with E-state index in [1.54, 1.807) is 0 Å². The van der Waals surface area contributed by atoms with Crippen molar-refractivity contribution in [1.29, 1.82) is 0 Å². The molecule has 3 rings (SSSR count). The summed E-state index contributed by atoms with van der Waals surface area (Å²) in [6.45, 7) is 8.84. The molecule has 0 aliphatic rings. The Morgan fingerprint density at radius 2 is 2.05 bits per heavy atom. The topological polar surface area (TPSA) is 40.7 Å². The lowest BCUT2D eigenvalue weighted by Gasteiger charge is -2.28. The first-order chi connectivity index (χ1) is 10.3. The second-order valence-electron chi connectivity index (χ2n) is 6.75. The first kappa shape index (κ1) is 15.6. The van der Waals surface area contributed by atoms with Crippen LogP contribution in [0.15, 0.2) is 28.9 Å². The summed E-state index contributed by atoms with van der Waals surface area (Å²) < 4.78 is 0.948. The van der Waals surface area contributed by atoms with Crippen molar-refractivity contribution in [3.63, 3.8) is 0 Å². The Bertz CT molecular complexity index is 848. The van der Waals surface area contributed by atoms with Crippen molar-refractivity contribution >= 4 is 55.2 Å². The van der Waals surface area contributed by atoms with Crippen molar-refractivity contribution < 1.29 is 0 Å². The molecule has 2 heterocycles. The van der Waals surface area contributed by atoms with Gasteiger partial charge < -0.3 is 10.3 Å². The summed E-state index contributed by atoms with van der Waals surface area (Å²) in [5, 5.41) is 6.50. The van der Waals surface area contributed by atoms with Crippen molar-refractivity contribution in [3.05, 3.63) is 33.9 Å². The molecule has 1 aromatic carbocycles. The van der Waals surface area contributed by atoms with Crippen LogP contribution >= 0.6 is 27.5 Å². The van der Waals surface area contributed by atoms with Crippen LogP contribution in [-0.4, -0.2) is 16.0 Å². The Kier molecular flexibility index (Phi) is 3.86. The number of rotatable bonds is 2. The standard InChI is InChI=1S/C17H19BrClN3/c1-9(17(2,3)4)21-16-14-11-6-5-10(19)7-13(11)22-15(14)12(18)8-20-16/h5-9,22H,1-4H3,(H,20,21)/t9-/m0/s1. The van der Waals surface area contributed by atoms with Gasteiger partial charge in [-0.3, -0.25) is 0 Å². The second kappa shape index (κ2) is 5.43. The zero-order valence-electron chi connectivity index (χ0n) is 13.1. The lowest BCUT2D eigenvalue weighted by Crippen LogP contribution is -2.31. The van der Waals surface area contributed by atoms with E-state index in [-0.39, 0.29) is 5.41 Å². The number of pyridine rings is 1. The molecule has 0 bridgehead atoms. The number of nitrogens with one attached hydrogen (secondary N) is 2. The highest BCUT2D eigenvalue weighted by Gasteiger charge is 2.22. The predicted molar refractivity (Wildman–Crippen MR) is 98.8 cm³/mol. The number of fused-ring (bicyclic) bond motifs is 3. The number of halogens is 2. The molecule has 0 saturated heterocycles. The van der Waals surface area contributed by atoms with Crippen LogP contribution in [0.5, 0.6) is 0 Å². The van der Waals surface area contributed by atoms with Gasteiger partial charge in [-0.05, 0) is 40.4 Å². The zero-order valence-corrected chi connectivity index (χ0v) is 15.4. The van der Waals surface area contributed by atoms with Crippen molar-refractivity contribution in [3.8, 4) is 0 Å². The third kappa shape index (κ3) is 2.70. The Balaban J connectivity index is 2.23. The van der Waals surface area contributed by atoms with Crippen LogP contribution < -0.4 is 5.32 Å². The Labute approximate surface area is 143 Å². The van der Waals surface area contributed by atoms with Gasteiger partial charge in [0.05, 0.1) is 15.4 Å². The van der Waals surface area contributed by atoms with E-state index in [1.165, 1.54) is 0 Å². The molecule has 0 aliphatic carbocycles. The molecule has 5 heteroatoms. The molecule has 2 aromatic heterocycles. The van der Waals surface area contributed by atoms with Crippen LogP contribution in [0, 0.1) is 5.41 Å². The third-order valence-electron chi connectivity index (χ3n) is 4.20. The molecule has 116 valence electrons. The van der Waals surface area contributed by atoms with E-state index >= 15 is 0 Å². The van der Waals surface area contributed by atoms with Crippen LogP contribution in [0.3, 0.4) is 0 Å². The van der Waals surface area contributed by atoms with Gasteiger partial charge in [0.15, 0.2) is 0 Å². The quantitative estimate of drug-likeness (QED) is 0.574. The van der Waals surface area contributed by atoms with Gasteiger partial charge in [-0.2, -0.15) is 0 Å². The van der Waals surface area contributed by atoms with Crippen LogP contribution in [-0.2, 0) is 0 Å². The minimum absolute atomic E-state index is 0.149. The summed E-state index contributed by atoms with van der Waals surface area (Å²) in [5.74, 6) is 0.897. The molecule has 0 unspecified atom stereocenters. The molecule has 3 aromatic rings. The average Bonchev–Trinajstić information content (AvgIpc) is 2.80. The lowest BCUT2D eigenvalue weighted by molar-refractivity contribution is 0.359.